The molecule has 0 radical (unpaired) electrons. The van der Waals surface area contributed by atoms with E-state index in [1.165, 1.54) is 12.8 Å². The van der Waals surface area contributed by atoms with Crippen molar-refractivity contribution in [3.05, 3.63) is 0 Å². The highest BCUT2D eigenvalue weighted by Gasteiger charge is 2.38. The number of ether oxygens (including phenoxy) is 1. The molecule has 1 aliphatic heterocycles. The predicted molar refractivity (Wildman–Crippen MR) is 75.0 cm³/mol. The largest absolute Gasteiger partial charge is 0.444 e. The lowest BCUT2D eigenvalue weighted by molar-refractivity contribution is 0.0142. The van der Waals surface area contributed by atoms with Crippen molar-refractivity contribution in [2.45, 2.75) is 51.2 Å². The van der Waals surface area contributed by atoms with E-state index in [1.54, 1.807) is 4.90 Å². The minimum atomic E-state index is -0.411. The zero-order valence-electron chi connectivity index (χ0n) is 12.4. The molecule has 1 saturated heterocycles. The zero-order chi connectivity index (χ0) is 14.1. The van der Waals surface area contributed by atoms with Crippen molar-refractivity contribution in [2.24, 2.45) is 5.73 Å². The van der Waals surface area contributed by atoms with Crippen LogP contribution in [0.1, 0.15) is 40.0 Å². The van der Waals surface area contributed by atoms with E-state index in [0.717, 1.165) is 39.1 Å². The van der Waals surface area contributed by atoms with Crippen LogP contribution in [0.3, 0.4) is 0 Å². The first-order valence-electron chi connectivity index (χ1n) is 7.27. The number of hydrogen-bond acceptors (Lipinski definition) is 4. The van der Waals surface area contributed by atoms with Crippen LogP contribution in [0.15, 0.2) is 0 Å². The third-order valence-corrected chi connectivity index (χ3v) is 3.84. The molecule has 0 aromatic carbocycles. The predicted octanol–water partition coefficient (Wildman–Crippen LogP) is 1.42. The fourth-order valence-electron chi connectivity index (χ4n) is 2.27. The summed E-state index contributed by atoms with van der Waals surface area (Å²) in [5.74, 6) is 0. The Hall–Kier alpha value is -0.810. The van der Waals surface area contributed by atoms with Crippen LogP contribution < -0.4 is 5.73 Å². The van der Waals surface area contributed by atoms with E-state index in [9.17, 15) is 4.79 Å². The van der Waals surface area contributed by atoms with E-state index in [4.69, 9.17) is 10.5 Å². The number of nitrogens with zero attached hydrogens (tertiary/aromatic N) is 2. The summed E-state index contributed by atoms with van der Waals surface area (Å²) in [4.78, 5) is 16.1. The number of nitrogens with two attached hydrogens (primary N) is 1. The van der Waals surface area contributed by atoms with Crippen molar-refractivity contribution in [2.75, 3.05) is 32.7 Å². The average molecular weight is 269 g/mol. The minimum absolute atomic E-state index is 0.127. The van der Waals surface area contributed by atoms with Crippen molar-refractivity contribution >= 4 is 6.09 Å². The Balaban J connectivity index is 1.68. The monoisotopic (exact) mass is 269 g/mol. The van der Waals surface area contributed by atoms with Gasteiger partial charge in [-0.25, -0.2) is 4.79 Å². The van der Waals surface area contributed by atoms with Crippen molar-refractivity contribution < 1.29 is 9.53 Å². The van der Waals surface area contributed by atoms with Gasteiger partial charge in [0.05, 0.1) is 0 Å². The fourth-order valence-corrected chi connectivity index (χ4v) is 2.27. The number of hydrogen-bond donors (Lipinski definition) is 1. The SMILES string of the molecule is CC(C)(C)OC(=O)N1CCN(CCC2(N)CC2)CC1. The van der Waals surface area contributed by atoms with Crippen molar-refractivity contribution in [1.82, 2.24) is 9.80 Å². The standard InChI is InChI=1S/C14H27N3O2/c1-13(2,3)19-12(18)17-10-8-16(9-11-17)7-6-14(15)4-5-14/h4-11,15H2,1-3H3. The molecule has 19 heavy (non-hydrogen) atoms. The van der Waals surface area contributed by atoms with Crippen LogP contribution in [0, 0.1) is 0 Å². The molecule has 0 aromatic heterocycles. The Morgan fingerprint density at radius 2 is 1.79 bits per heavy atom. The van der Waals surface area contributed by atoms with Gasteiger partial charge in [0.15, 0.2) is 0 Å². The maximum atomic E-state index is 11.9. The number of carbonyl (C=O) groups excluding carboxylic acids is 1. The van der Waals surface area contributed by atoms with E-state index in [0.29, 0.717) is 0 Å². The van der Waals surface area contributed by atoms with Crippen LogP contribution >= 0.6 is 0 Å². The maximum Gasteiger partial charge on any atom is 0.410 e. The molecule has 2 fully saturated rings. The molecule has 1 heterocycles. The molecule has 0 atom stereocenters. The van der Waals surface area contributed by atoms with Gasteiger partial charge in [0.2, 0.25) is 0 Å². The summed E-state index contributed by atoms with van der Waals surface area (Å²) in [6.07, 6.45) is 3.24. The smallest absolute Gasteiger partial charge is 0.410 e. The first kappa shape index (κ1) is 14.6. The molecule has 0 aromatic rings. The van der Waals surface area contributed by atoms with E-state index in [-0.39, 0.29) is 11.6 Å². The maximum absolute atomic E-state index is 11.9. The Bertz CT molecular complexity index is 326. The summed E-state index contributed by atoms with van der Waals surface area (Å²) in [6, 6.07) is 0. The molecule has 0 bridgehead atoms. The molecule has 0 spiro atoms. The van der Waals surface area contributed by atoms with Gasteiger partial charge in [-0.1, -0.05) is 0 Å². The first-order chi connectivity index (χ1) is 8.77. The van der Waals surface area contributed by atoms with Gasteiger partial charge < -0.3 is 15.4 Å². The molecule has 1 aliphatic carbocycles. The highest BCUT2D eigenvalue weighted by atomic mass is 16.6. The van der Waals surface area contributed by atoms with Crippen molar-refractivity contribution in [1.29, 1.82) is 0 Å². The average Bonchev–Trinajstić information content (AvgIpc) is 3.04. The number of carbonyl (C=O) groups is 1. The molecule has 1 saturated carbocycles. The van der Waals surface area contributed by atoms with E-state index >= 15 is 0 Å². The van der Waals surface area contributed by atoms with Gasteiger partial charge in [-0.2, -0.15) is 0 Å². The topological polar surface area (TPSA) is 58.8 Å². The minimum Gasteiger partial charge on any atom is -0.444 e. The van der Waals surface area contributed by atoms with E-state index in [2.05, 4.69) is 4.90 Å². The third kappa shape index (κ3) is 4.66. The lowest BCUT2D eigenvalue weighted by Crippen LogP contribution is -2.50. The lowest BCUT2D eigenvalue weighted by atomic mass is 10.2. The van der Waals surface area contributed by atoms with Gasteiger partial charge in [0.25, 0.3) is 0 Å². The Morgan fingerprint density at radius 3 is 2.26 bits per heavy atom. The van der Waals surface area contributed by atoms with E-state index < -0.39 is 5.60 Å². The summed E-state index contributed by atoms with van der Waals surface area (Å²) >= 11 is 0. The highest BCUT2D eigenvalue weighted by Crippen LogP contribution is 2.35. The Labute approximate surface area is 116 Å². The normalized spacial score (nSPS) is 23.3. The second-order valence-corrected chi connectivity index (χ2v) is 6.92. The number of amides is 1. The van der Waals surface area contributed by atoms with Crippen molar-refractivity contribution in [3.8, 4) is 0 Å². The second kappa shape index (κ2) is 5.29. The highest BCUT2D eigenvalue weighted by molar-refractivity contribution is 5.68. The second-order valence-electron chi connectivity index (χ2n) is 6.92. The molecular formula is C14H27N3O2. The zero-order valence-corrected chi connectivity index (χ0v) is 12.4. The molecule has 0 unspecified atom stereocenters. The molecule has 5 nitrogen and oxygen atoms in total. The molecule has 5 heteroatoms. The first-order valence-corrected chi connectivity index (χ1v) is 7.27. The number of piperazine rings is 1. The van der Waals surface area contributed by atoms with Gasteiger partial charge in [-0.15, -0.1) is 0 Å². The molecular weight excluding hydrogens is 242 g/mol. The van der Waals surface area contributed by atoms with Gasteiger partial charge in [0, 0.05) is 38.3 Å². The molecule has 2 N–H and O–H groups in total. The molecule has 2 rings (SSSR count). The summed E-state index contributed by atoms with van der Waals surface area (Å²) < 4.78 is 5.39. The van der Waals surface area contributed by atoms with E-state index in [1.807, 2.05) is 20.8 Å². The quantitative estimate of drug-likeness (QED) is 0.842. The van der Waals surface area contributed by atoms with Crippen LogP contribution in [-0.4, -0.2) is 59.8 Å². The fraction of sp³-hybridized carbons (Fsp3) is 0.929. The van der Waals surface area contributed by atoms with Crippen LogP contribution in [-0.2, 0) is 4.74 Å². The third-order valence-electron chi connectivity index (χ3n) is 3.84. The van der Waals surface area contributed by atoms with Gasteiger partial charge >= 0.3 is 6.09 Å². The van der Waals surface area contributed by atoms with Gasteiger partial charge in [-0.05, 0) is 40.0 Å². The van der Waals surface area contributed by atoms with Crippen LogP contribution in [0.4, 0.5) is 4.79 Å². The van der Waals surface area contributed by atoms with Gasteiger partial charge in [-0.3, -0.25) is 4.90 Å². The molecule has 1 amide bonds. The summed E-state index contributed by atoms with van der Waals surface area (Å²) in [5.41, 5.74) is 5.81. The van der Waals surface area contributed by atoms with Crippen molar-refractivity contribution in [3.63, 3.8) is 0 Å². The molecule has 110 valence electrons. The molecule has 2 aliphatic rings. The van der Waals surface area contributed by atoms with Crippen LogP contribution in [0.25, 0.3) is 0 Å². The Morgan fingerprint density at radius 1 is 1.21 bits per heavy atom. The summed E-state index contributed by atoms with van der Waals surface area (Å²) in [6.45, 7) is 10.1. The summed E-state index contributed by atoms with van der Waals surface area (Å²) in [5, 5.41) is 0. The lowest BCUT2D eigenvalue weighted by Gasteiger charge is -2.35. The van der Waals surface area contributed by atoms with Crippen LogP contribution in [0.2, 0.25) is 0 Å². The summed E-state index contributed by atoms with van der Waals surface area (Å²) in [7, 11) is 0. The van der Waals surface area contributed by atoms with Crippen LogP contribution in [0.5, 0.6) is 0 Å². The Kier molecular flexibility index (Phi) is 4.06. The van der Waals surface area contributed by atoms with Gasteiger partial charge in [0.1, 0.15) is 5.60 Å². The number of rotatable bonds is 3.